The molecule has 0 aliphatic carbocycles. The van der Waals surface area contributed by atoms with E-state index in [-0.39, 0.29) is 5.88 Å². The molecule has 0 amide bonds. The van der Waals surface area contributed by atoms with Crippen molar-refractivity contribution in [1.82, 2.24) is 10.2 Å². The van der Waals surface area contributed by atoms with Gasteiger partial charge >= 0.3 is 0 Å². The minimum absolute atomic E-state index is 0.198. The fourth-order valence-corrected chi connectivity index (χ4v) is 0.802. The second-order valence-electron chi connectivity index (χ2n) is 1.70. The minimum atomic E-state index is 0.198. The summed E-state index contributed by atoms with van der Waals surface area (Å²) >= 11 is 3.22. The molecule has 4 heteroatoms. The molecule has 1 aliphatic heterocycles. The van der Waals surface area contributed by atoms with Gasteiger partial charge in [0, 0.05) is 13.2 Å². The van der Waals surface area contributed by atoms with Gasteiger partial charge in [-0.1, -0.05) is 0 Å². The Balaban J connectivity index is 2.74. The molecule has 0 radical (unpaired) electrons. The van der Waals surface area contributed by atoms with Crippen molar-refractivity contribution in [3.8, 4) is 0 Å². The SMILES string of the molecule is CN1C(O)=CNC=C1Br. The highest BCUT2D eigenvalue weighted by Gasteiger charge is 2.07. The predicted octanol–water partition coefficient (Wildman–Crippen LogP) is 1.07. The van der Waals surface area contributed by atoms with Crippen LogP contribution in [0.1, 0.15) is 0 Å². The van der Waals surface area contributed by atoms with Crippen LogP contribution in [0.4, 0.5) is 0 Å². The Labute approximate surface area is 61.8 Å². The van der Waals surface area contributed by atoms with Crippen molar-refractivity contribution in [2.24, 2.45) is 0 Å². The fourth-order valence-electron chi connectivity index (χ4n) is 0.488. The van der Waals surface area contributed by atoms with E-state index in [4.69, 9.17) is 5.11 Å². The molecule has 0 spiro atoms. The summed E-state index contributed by atoms with van der Waals surface area (Å²) in [5, 5.41) is 11.8. The topological polar surface area (TPSA) is 35.5 Å². The van der Waals surface area contributed by atoms with E-state index in [1.807, 2.05) is 0 Å². The van der Waals surface area contributed by atoms with Crippen molar-refractivity contribution >= 4 is 15.9 Å². The lowest BCUT2D eigenvalue weighted by atomic mass is 10.6. The van der Waals surface area contributed by atoms with Crippen molar-refractivity contribution in [2.75, 3.05) is 7.05 Å². The van der Waals surface area contributed by atoms with E-state index >= 15 is 0 Å². The summed E-state index contributed by atoms with van der Waals surface area (Å²) in [6.45, 7) is 0. The van der Waals surface area contributed by atoms with E-state index in [0.29, 0.717) is 0 Å². The van der Waals surface area contributed by atoms with Crippen LogP contribution in [0.5, 0.6) is 0 Å². The average Bonchev–Trinajstić information content (AvgIpc) is 1.83. The lowest BCUT2D eigenvalue weighted by molar-refractivity contribution is 0.271. The number of hydrogen-bond acceptors (Lipinski definition) is 3. The molecular weight excluding hydrogens is 184 g/mol. The molecule has 0 saturated heterocycles. The summed E-state index contributed by atoms with van der Waals surface area (Å²) in [6, 6.07) is 0. The van der Waals surface area contributed by atoms with Gasteiger partial charge in [0.05, 0.1) is 6.20 Å². The Morgan fingerprint density at radius 3 is 2.78 bits per heavy atom. The maximum Gasteiger partial charge on any atom is 0.208 e. The van der Waals surface area contributed by atoms with Crippen LogP contribution in [-0.4, -0.2) is 17.1 Å². The number of aliphatic hydroxyl groups is 1. The first-order valence-corrected chi connectivity index (χ1v) is 3.25. The van der Waals surface area contributed by atoms with Gasteiger partial charge in [-0.15, -0.1) is 0 Å². The Morgan fingerprint density at radius 2 is 2.33 bits per heavy atom. The summed E-state index contributed by atoms with van der Waals surface area (Å²) in [4.78, 5) is 1.61. The summed E-state index contributed by atoms with van der Waals surface area (Å²) < 4.78 is 0.808. The van der Waals surface area contributed by atoms with Crippen LogP contribution in [0.15, 0.2) is 22.9 Å². The predicted molar refractivity (Wildman–Crippen MR) is 38.6 cm³/mol. The quantitative estimate of drug-likeness (QED) is 0.562. The molecule has 0 aromatic carbocycles. The lowest BCUT2D eigenvalue weighted by Crippen LogP contribution is -2.20. The average molecular weight is 191 g/mol. The molecule has 1 aliphatic rings. The molecule has 50 valence electrons. The van der Waals surface area contributed by atoms with Gasteiger partial charge in [0.25, 0.3) is 0 Å². The highest BCUT2D eigenvalue weighted by molar-refractivity contribution is 9.11. The number of halogens is 1. The Kier molecular flexibility index (Phi) is 1.66. The van der Waals surface area contributed by atoms with Crippen LogP contribution in [0.3, 0.4) is 0 Å². The number of hydrogen-bond donors (Lipinski definition) is 2. The smallest absolute Gasteiger partial charge is 0.208 e. The van der Waals surface area contributed by atoms with Crippen molar-refractivity contribution in [1.29, 1.82) is 0 Å². The van der Waals surface area contributed by atoms with E-state index in [1.165, 1.54) is 6.20 Å². The van der Waals surface area contributed by atoms with Crippen molar-refractivity contribution in [3.05, 3.63) is 22.9 Å². The molecular formula is C5H7BrN2O. The third-order valence-electron chi connectivity index (χ3n) is 1.08. The number of nitrogens with one attached hydrogen (secondary N) is 1. The first kappa shape index (κ1) is 6.48. The van der Waals surface area contributed by atoms with E-state index < -0.39 is 0 Å². The molecule has 0 aromatic rings. The molecule has 0 unspecified atom stereocenters. The molecule has 0 bridgehead atoms. The van der Waals surface area contributed by atoms with E-state index in [1.54, 1.807) is 18.1 Å². The van der Waals surface area contributed by atoms with Gasteiger partial charge in [0.15, 0.2) is 0 Å². The maximum absolute atomic E-state index is 9.00. The van der Waals surface area contributed by atoms with Gasteiger partial charge in [-0.2, -0.15) is 0 Å². The molecule has 0 atom stereocenters. The molecule has 0 saturated carbocycles. The van der Waals surface area contributed by atoms with Crippen molar-refractivity contribution in [2.45, 2.75) is 0 Å². The fraction of sp³-hybridized carbons (Fsp3) is 0.200. The van der Waals surface area contributed by atoms with Gasteiger partial charge in [-0.05, 0) is 15.9 Å². The van der Waals surface area contributed by atoms with Crippen molar-refractivity contribution in [3.63, 3.8) is 0 Å². The number of aliphatic hydroxyl groups excluding tert-OH is 1. The summed E-state index contributed by atoms with van der Waals surface area (Å²) in [6.07, 6.45) is 3.24. The lowest BCUT2D eigenvalue weighted by Gasteiger charge is -2.19. The Morgan fingerprint density at radius 1 is 1.67 bits per heavy atom. The van der Waals surface area contributed by atoms with Gasteiger partial charge < -0.3 is 15.3 Å². The second kappa shape index (κ2) is 2.31. The van der Waals surface area contributed by atoms with Crippen LogP contribution in [-0.2, 0) is 0 Å². The Bertz CT molecular complexity index is 158. The van der Waals surface area contributed by atoms with Crippen molar-refractivity contribution < 1.29 is 5.11 Å². The maximum atomic E-state index is 9.00. The highest BCUT2D eigenvalue weighted by atomic mass is 79.9. The zero-order valence-electron chi connectivity index (χ0n) is 4.93. The zero-order chi connectivity index (χ0) is 6.85. The van der Waals surface area contributed by atoms with E-state index in [9.17, 15) is 0 Å². The van der Waals surface area contributed by atoms with Crippen LogP contribution >= 0.6 is 15.9 Å². The van der Waals surface area contributed by atoms with Gasteiger partial charge in [-0.25, -0.2) is 0 Å². The third kappa shape index (κ3) is 1.18. The molecule has 0 aromatic heterocycles. The molecule has 1 rings (SSSR count). The van der Waals surface area contributed by atoms with E-state index in [2.05, 4.69) is 21.2 Å². The van der Waals surface area contributed by atoms with Gasteiger partial charge in [0.2, 0.25) is 5.88 Å². The van der Waals surface area contributed by atoms with Crippen LogP contribution < -0.4 is 5.32 Å². The number of rotatable bonds is 0. The summed E-state index contributed by atoms with van der Waals surface area (Å²) in [5.74, 6) is 0.198. The second-order valence-corrected chi connectivity index (χ2v) is 2.51. The zero-order valence-corrected chi connectivity index (χ0v) is 6.51. The molecule has 2 N–H and O–H groups in total. The first-order chi connectivity index (χ1) is 4.22. The standard InChI is InChI=1S/C5H7BrN2O/c1-8-4(6)2-7-3-5(8)9/h2-3,7,9H,1H3. The molecule has 0 fully saturated rings. The van der Waals surface area contributed by atoms with Crippen LogP contribution in [0, 0.1) is 0 Å². The van der Waals surface area contributed by atoms with Gasteiger partial charge in [-0.3, -0.25) is 0 Å². The molecule has 9 heavy (non-hydrogen) atoms. The minimum Gasteiger partial charge on any atom is -0.493 e. The first-order valence-electron chi connectivity index (χ1n) is 2.46. The largest absolute Gasteiger partial charge is 0.493 e. The molecule has 3 nitrogen and oxygen atoms in total. The van der Waals surface area contributed by atoms with E-state index in [0.717, 1.165) is 4.61 Å². The van der Waals surface area contributed by atoms with Crippen LogP contribution in [0.2, 0.25) is 0 Å². The third-order valence-corrected chi connectivity index (χ3v) is 1.84. The summed E-state index contributed by atoms with van der Waals surface area (Å²) in [7, 11) is 1.76. The Hall–Kier alpha value is -0.640. The highest BCUT2D eigenvalue weighted by Crippen LogP contribution is 2.15. The summed E-state index contributed by atoms with van der Waals surface area (Å²) in [5.41, 5.74) is 0. The monoisotopic (exact) mass is 190 g/mol. The normalized spacial score (nSPS) is 18.2. The molecule has 1 heterocycles. The number of nitrogens with zero attached hydrogens (tertiary/aromatic N) is 1. The van der Waals surface area contributed by atoms with Crippen LogP contribution in [0.25, 0.3) is 0 Å². The van der Waals surface area contributed by atoms with Gasteiger partial charge in [0.1, 0.15) is 4.61 Å².